The van der Waals surface area contributed by atoms with Gasteiger partial charge in [0.25, 0.3) is 0 Å². The zero-order valence-electron chi connectivity index (χ0n) is 15.9. The summed E-state index contributed by atoms with van der Waals surface area (Å²) in [5.74, 6) is 1.03. The van der Waals surface area contributed by atoms with Crippen LogP contribution >= 0.6 is 0 Å². The first-order valence-electron chi connectivity index (χ1n) is 9.94. The Hall–Kier alpha value is -0.980. The molecular weight excluding hydrogens is 280 g/mol. The Labute approximate surface area is 144 Å². The lowest BCUT2D eigenvalue weighted by atomic mass is 9.73. The Morgan fingerprint density at radius 2 is 1.35 bits per heavy atom. The van der Waals surface area contributed by atoms with E-state index in [4.69, 9.17) is 4.74 Å². The molecule has 0 saturated carbocycles. The molecule has 0 spiro atoms. The highest BCUT2D eigenvalue weighted by Crippen LogP contribution is 2.39. The quantitative estimate of drug-likeness (QED) is 0.344. The summed E-state index contributed by atoms with van der Waals surface area (Å²) in [4.78, 5) is 0. The third-order valence-corrected chi connectivity index (χ3v) is 5.64. The standard InChI is InChI=1S/C22H38O/c1-5-9-10-11-12-16-19-21(22(6-2,7-3)8-4)23-20-17-14-13-15-18-20/h13-15,17-18,21H,5-12,16,19H2,1-4H3. The average molecular weight is 319 g/mol. The molecule has 0 heterocycles. The van der Waals surface area contributed by atoms with E-state index in [1.54, 1.807) is 0 Å². The van der Waals surface area contributed by atoms with Gasteiger partial charge in [-0.15, -0.1) is 0 Å². The second-order valence-corrected chi connectivity index (χ2v) is 6.90. The van der Waals surface area contributed by atoms with Crippen LogP contribution in [0.3, 0.4) is 0 Å². The summed E-state index contributed by atoms with van der Waals surface area (Å²) in [5, 5.41) is 0. The fourth-order valence-electron chi connectivity index (χ4n) is 3.70. The molecule has 1 heteroatoms. The van der Waals surface area contributed by atoms with Gasteiger partial charge in [-0.05, 0) is 44.2 Å². The van der Waals surface area contributed by atoms with E-state index >= 15 is 0 Å². The van der Waals surface area contributed by atoms with E-state index < -0.39 is 0 Å². The minimum atomic E-state index is 0.319. The summed E-state index contributed by atoms with van der Waals surface area (Å²) in [6, 6.07) is 10.4. The molecule has 1 aromatic carbocycles. The molecule has 0 aliphatic carbocycles. The van der Waals surface area contributed by atoms with Crippen molar-refractivity contribution in [3.63, 3.8) is 0 Å². The zero-order valence-corrected chi connectivity index (χ0v) is 15.9. The SMILES string of the molecule is CCCCCCCCC(Oc1ccccc1)C(CC)(CC)CC. The van der Waals surface area contributed by atoms with Gasteiger partial charge in [0.05, 0.1) is 0 Å². The van der Waals surface area contributed by atoms with Crippen LogP contribution in [0, 0.1) is 5.41 Å². The van der Waals surface area contributed by atoms with Gasteiger partial charge < -0.3 is 4.74 Å². The first-order chi connectivity index (χ1) is 11.2. The van der Waals surface area contributed by atoms with Crippen LogP contribution in [0.15, 0.2) is 30.3 Å². The Kier molecular flexibility index (Phi) is 10.1. The van der Waals surface area contributed by atoms with Crippen molar-refractivity contribution in [1.29, 1.82) is 0 Å². The second kappa shape index (κ2) is 11.5. The number of ether oxygens (including phenoxy) is 1. The Morgan fingerprint density at radius 1 is 0.783 bits per heavy atom. The molecule has 0 radical (unpaired) electrons. The van der Waals surface area contributed by atoms with Crippen molar-refractivity contribution in [2.75, 3.05) is 0 Å². The van der Waals surface area contributed by atoms with Crippen LogP contribution in [0.2, 0.25) is 0 Å². The van der Waals surface area contributed by atoms with Crippen molar-refractivity contribution in [3.05, 3.63) is 30.3 Å². The Morgan fingerprint density at radius 3 is 1.91 bits per heavy atom. The van der Waals surface area contributed by atoms with Gasteiger partial charge in [-0.25, -0.2) is 0 Å². The molecule has 1 atom stereocenters. The van der Waals surface area contributed by atoms with E-state index in [-0.39, 0.29) is 0 Å². The maximum atomic E-state index is 6.48. The van der Waals surface area contributed by atoms with Crippen LogP contribution < -0.4 is 4.74 Å². The smallest absolute Gasteiger partial charge is 0.119 e. The number of hydrogen-bond donors (Lipinski definition) is 0. The normalized spacial score (nSPS) is 13.0. The molecular formula is C22H38O. The summed E-state index contributed by atoms with van der Waals surface area (Å²) in [6.45, 7) is 9.27. The van der Waals surface area contributed by atoms with Crippen molar-refractivity contribution in [2.45, 2.75) is 98.0 Å². The molecule has 0 bridgehead atoms. The van der Waals surface area contributed by atoms with E-state index in [0.717, 1.165) is 5.75 Å². The third-order valence-electron chi connectivity index (χ3n) is 5.64. The summed E-state index contributed by atoms with van der Waals surface area (Å²) in [5.41, 5.74) is 0.319. The molecule has 0 fully saturated rings. The lowest BCUT2D eigenvalue weighted by Gasteiger charge is -2.39. The van der Waals surface area contributed by atoms with E-state index in [9.17, 15) is 0 Å². The molecule has 1 nitrogen and oxygen atoms in total. The van der Waals surface area contributed by atoms with Crippen LogP contribution in [-0.2, 0) is 0 Å². The molecule has 0 saturated heterocycles. The molecule has 0 amide bonds. The monoisotopic (exact) mass is 318 g/mol. The number of rotatable bonds is 13. The van der Waals surface area contributed by atoms with Crippen LogP contribution in [0.5, 0.6) is 5.75 Å². The third kappa shape index (κ3) is 6.57. The maximum absolute atomic E-state index is 6.48. The maximum Gasteiger partial charge on any atom is 0.119 e. The number of benzene rings is 1. The van der Waals surface area contributed by atoms with Crippen molar-refractivity contribution in [1.82, 2.24) is 0 Å². The molecule has 0 aliphatic heterocycles. The Bertz CT molecular complexity index is 372. The molecule has 1 rings (SSSR count). The van der Waals surface area contributed by atoms with Gasteiger partial charge >= 0.3 is 0 Å². The lowest BCUT2D eigenvalue weighted by Crippen LogP contribution is -2.38. The molecule has 1 aromatic rings. The minimum absolute atomic E-state index is 0.319. The van der Waals surface area contributed by atoms with E-state index in [1.807, 2.05) is 0 Å². The van der Waals surface area contributed by atoms with Crippen molar-refractivity contribution in [2.24, 2.45) is 5.41 Å². The molecule has 0 N–H and O–H groups in total. The van der Waals surface area contributed by atoms with Crippen molar-refractivity contribution >= 4 is 0 Å². The van der Waals surface area contributed by atoms with Crippen LogP contribution in [0.4, 0.5) is 0 Å². The Balaban J connectivity index is 2.64. The minimum Gasteiger partial charge on any atom is -0.490 e. The van der Waals surface area contributed by atoms with Crippen molar-refractivity contribution < 1.29 is 4.74 Å². The van der Waals surface area contributed by atoms with Gasteiger partial charge in [0, 0.05) is 5.41 Å². The molecule has 132 valence electrons. The zero-order chi connectivity index (χ0) is 17.0. The summed E-state index contributed by atoms with van der Waals surface area (Å²) < 4.78 is 6.48. The highest BCUT2D eigenvalue weighted by Gasteiger charge is 2.35. The first-order valence-corrected chi connectivity index (χ1v) is 9.94. The van der Waals surface area contributed by atoms with Gasteiger partial charge in [0.2, 0.25) is 0 Å². The highest BCUT2D eigenvalue weighted by atomic mass is 16.5. The van der Waals surface area contributed by atoms with Crippen LogP contribution in [-0.4, -0.2) is 6.10 Å². The number of hydrogen-bond acceptors (Lipinski definition) is 1. The summed E-state index contributed by atoms with van der Waals surface area (Å²) in [6.07, 6.45) is 13.3. The van der Waals surface area contributed by atoms with E-state index in [0.29, 0.717) is 11.5 Å². The van der Waals surface area contributed by atoms with Gasteiger partial charge in [0.1, 0.15) is 11.9 Å². The molecule has 0 aromatic heterocycles. The van der Waals surface area contributed by atoms with E-state index in [2.05, 4.69) is 58.0 Å². The van der Waals surface area contributed by atoms with Crippen LogP contribution in [0.25, 0.3) is 0 Å². The second-order valence-electron chi connectivity index (χ2n) is 6.90. The predicted octanol–water partition coefficient (Wildman–Crippen LogP) is 7.40. The largest absolute Gasteiger partial charge is 0.490 e. The number of para-hydroxylation sites is 1. The van der Waals surface area contributed by atoms with Gasteiger partial charge in [-0.1, -0.05) is 78.0 Å². The van der Waals surface area contributed by atoms with Gasteiger partial charge in [-0.2, -0.15) is 0 Å². The average Bonchev–Trinajstić information content (AvgIpc) is 2.60. The topological polar surface area (TPSA) is 9.23 Å². The number of unbranched alkanes of at least 4 members (excludes halogenated alkanes) is 5. The fraction of sp³-hybridized carbons (Fsp3) is 0.727. The van der Waals surface area contributed by atoms with Crippen molar-refractivity contribution in [3.8, 4) is 5.75 Å². The summed E-state index contributed by atoms with van der Waals surface area (Å²) in [7, 11) is 0. The van der Waals surface area contributed by atoms with Crippen LogP contribution in [0.1, 0.15) is 91.9 Å². The molecule has 0 aliphatic rings. The lowest BCUT2D eigenvalue weighted by molar-refractivity contribution is 0.0261. The molecule has 1 unspecified atom stereocenters. The first kappa shape index (κ1) is 20.1. The predicted molar refractivity (Wildman–Crippen MR) is 102 cm³/mol. The highest BCUT2D eigenvalue weighted by molar-refractivity contribution is 5.21. The van der Waals surface area contributed by atoms with E-state index in [1.165, 1.54) is 64.2 Å². The molecule has 23 heavy (non-hydrogen) atoms. The van der Waals surface area contributed by atoms with Gasteiger partial charge in [-0.3, -0.25) is 0 Å². The summed E-state index contributed by atoms with van der Waals surface area (Å²) >= 11 is 0. The van der Waals surface area contributed by atoms with Gasteiger partial charge in [0.15, 0.2) is 0 Å². The fourth-order valence-corrected chi connectivity index (χ4v) is 3.70.